The lowest BCUT2D eigenvalue weighted by atomic mass is 9.98. The van der Waals surface area contributed by atoms with E-state index in [1.54, 1.807) is 13.8 Å². The second-order valence-corrected chi connectivity index (χ2v) is 4.12. The molecule has 100 valence electrons. The van der Waals surface area contributed by atoms with Gasteiger partial charge >= 0.3 is 5.97 Å². The first kappa shape index (κ1) is 12.9. The van der Waals surface area contributed by atoms with Gasteiger partial charge in [-0.3, -0.25) is 0 Å². The van der Waals surface area contributed by atoms with Crippen molar-refractivity contribution in [2.75, 3.05) is 11.5 Å². The molecule has 5 N–H and O–H groups in total. The fourth-order valence-corrected chi connectivity index (χ4v) is 1.95. The molecule has 2 rings (SSSR count). The Morgan fingerprint density at radius 3 is 2.53 bits per heavy atom. The lowest BCUT2D eigenvalue weighted by molar-refractivity contribution is 0.0693. The topological polar surface area (TPSA) is 115 Å². The fourth-order valence-electron chi connectivity index (χ4n) is 1.95. The van der Waals surface area contributed by atoms with Crippen LogP contribution in [0.25, 0.3) is 11.1 Å². The van der Waals surface area contributed by atoms with Gasteiger partial charge in [0.1, 0.15) is 17.1 Å². The van der Waals surface area contributed by atoms with Gasteiger partial charge in [-0.05, 0) is 19.9 Å². The average molecular weight is 265 g/mol. The van der Waals surface area contributed by atoms with Gasteiger partial charge in [0.15, 0.2) is 0 Å². The number of carbonyl (C=O) groups is 1. The summed E-state index contributed by atoms with van der Waals surface area (Å²) in [4.78, 5) is 11.1. The van der Waals surface area contributed by atoms with Crippen LogP contribution in [0.5, 0.6) is 0 Å². The predicted molar refractivity (Wildman–Crippen MR) is 67.2 cm³/mol. The summed E-state index contributed by atoms with van der Waals surface area (Å²) in [7, 11) is 0. The van der Waals surface area contributed by atoms with E-state index in [0.717, 1.165) is 0 Å². The molecule has 0 spiro atoms. The lowest BCUT2D eigenvalue weighted by Crippen LogP contribution is -2.10. The molecule has 0 saturated heterocycles. The van der Waals surface area contributed by atoms with Crippen molar-refractivity contribution in [2.24, 2.45) is 0 Å². The molecule has 0 atom stereocenters. The molecule has 6 nitrogen and oxygen atoms in total. The second-order valence-electron chi connectivity index (χ2n) is 4.12. The molecule has 0 radical (unpaired) electrons. The number of nitrogens with zero attached hydrogens (tertiary/aromatic N) is 1. The maximum atomic E-state index is 14.3. The van der Waals surface area contributed by atoms with Gasteiger partial charge in [-0.15, -0.1) is 0 Å². The Kier molecular flexibility index (Phi) is 2.89. The van der Waals surface area contributed by atoms with E-state index in [1.165, 1.54) is 6.07 Å². The minimum Gasteiger partial charge on any atom is -0.478 e. The van der Waals surface area contributed by atoms with Crippen LogP contribution in [0.1, 0.15) is 21.8 Å². The summed E-state index contributed by atoms with van der Waals surface area (Å²) in [5.41, 5.74) is 11.0. The van der Waals surface area contributed by atoms with E-state index in [-0.39, 0.29) is 16.9 Å². The summed E-state index contributed by atoms with van der Waals surface area (Å²) in [5.74, 6) is -2.05. The number of hydrogen-bond donors (Lipinski definition) is 3. The van der Waals surface area contributed by atoms with Crippen molar-refractivity contribution in [3.63, 3.8) is 0 Å². The van der Waals surface area contributed by atoms with Crippen LogP contribution >= 0.6 is 0 Å². The molecule has 0 amide bonds. The van der Waals surface area contributed by atoms with E-state index in [2.05, 4.69) is 5.16 Å². The number of aryl methyl sites for hydroxylation is 2. The van der Waals surface area contributed by atoms with Gasteiger partial charge in [0.2, 0.25) is 0 Å². The number of rotatable bonds is 2. The van der Waals surface area contributed by atoms with Gasteiger partial charge in [-0.25, -0.2) is 9.18 Å². The first-order valence-corrected chi connectivity index (χ1v) is 5.38. The van der Waals surface area contributed by atoms with Crippen LogP contribution in [-0.2, 0) is 0 Å². The van der Waals surface area contributed by atoms with E-state index < -0.39 is 17.3 Å². The Hall–Kier alpha value is -2.57. The molecule has 0 saturated carbocycles. The first-order chi connectivity index (χ1) is 8.84. The molecule has 0 bridgehead atoms. The van der Waals surface area contributed by atoms with E-state index in [9.17, 15) is 9.18 Å². The highest BCUT2D eigenvalue weighted by Crippen LogP contribution is 2.35. The van der Waals surface area contributed by atoms with Crippen molar-refractivity contribution in [3.05, 3.63) is 28.9 Å². The number of hydrogen-bond acceptors (Lipinski definition) is 5. The number of benzene rings is 1. The Morgan fingerprint density at radius 2 is 2.05 bits per heavy atom. The lowest BCUT2D eigenvalue weighted by Gasteiger charge is -2.11. The average Bonchev–Trinajstić information content (AvgIpc) is 2.64. The number of nitrogens with two attached hydrogens (primary N) is 2. The van der Waals surface area contributed by atoms with Gasteiger partial charge in [-0.1, -0.05) is 5.16 Å². The maximum Gasteiger partial charge on any atom is 0.340 e. The van der Waals surface area contributed by atoms with Crippen molar-refractivity contribution in [1.29, 1.82) is 0 Å². The summed E-state index contributed by atoms with van der Waals surface area (Å²) >= 11 is 0. The minimum absolute atomic E-state index is 0.00574. The van der Waals surface area contributed by atoms with Crippen LogP contribution in [0.2, 0.25) is 0 Å². The SMILES string of the molecule is Cc1noc(C)c1-c1cc(N)c(N)c(C(=O)O)c1F. The second kappa shape index (κ2) is 4.27. The van der Waals surface area contributed by atoms with Crippen LogP contribution in [0.3, 0.4) is 0 Å². The molecule has 7 heteroatoms. The van der Waals surface area contributed by atoms with Crippen LogP contribution < -0.4 is 11.5 Å². The summed E-state index contributed by atoms with van der Waals surface area (Å²) in [5, 5.41) is 12.7. The van der Waals surface area contributed by atoms with Crippen molar-refractivity contribution in [3.8, 4) is 11.1 Å². The van der Waals surface area contributed by atoms with Crippen molar-refractivity contribution in [1.82, 2.24) is 5.16 Å². The van der Waals surface area contributed by atoms with E-state index >= 15 is 0 Å². The van der Waals surface area contributed by atoms with E-state index in [4.69, 9.17) is 21.1 Å². The summed E-state index contributed by atoms with van der Waals surface area (Å²) in [6, 6.07) is 1.28. The van der Waals surface area contributed by atoms with Gasteiger partial charge in [-0.2, -0.15) is 0 Å². The molecule has 19 heavy (non-hydrogen) atoms. The summed E-state index contributed by atoms with van der Waals surface area (Å²) in [6.07, 6.45) is 0. The number of aromatic nitrogens is 1. The van der Waals surface area contributed by atoms with Crippen molar-refractivity contribution >= 4 is 17.3 Å². The molecule has 1 heterocycles. The molecule has 0 aliphatic heterocycles. The highest BCUT2D eigenvalue weighted by molar-refractivity contribution is 5.99. The zero-order valence-corrected chi connectivity index (χ0v) is 10.3. The van der Waals surface area contributed by atoms with Crippen LogP contribution in [0.4, 0.5) is 15.8 Å². The molecule has 1 aromatic carbocycles. The van der Waals surface area contributed by atoms with E-state index in [1.807, 2.05) is 0 Å². The Labute approximate surface area is 107 Å². The van der Waals surface area contributed by atoms with Crippen molar-refractivity contribution in [2.45, 2.75) is 13.8 Å². The quantitative estimate of drug-likeness (QED) is 0.715. The number of carboxylic acid groups (broad SMARTS) is 1. The minimum atomic E-state index is -1.48. The Bertz CT molecular complexity index is 660. The summed E-state index contributed by atoms with van der Waals surface area (Å²) < 4.78 is 19.2. The van der Waals surface area contributed by atoms with E-state index in [0.29, 0.717) is 17.0 Å². The third-order valence-electron chi connectivity index (χ3n) is 2.85. The molecule has 0 fully saturated rings. The van der Waals surface area contributed by atoms with Gasteiger partial charge in [0.05, 0.1) is 22.6 Å². The molecule has 0 aliphatic carbocycles. The standard InChI is InChI=1S/C12H12FN3O3/c1-4-8(5(2)19-16-4)6-3-7(14)11(15)9(10(6)13)12(17)18/h3H,14-15H2,1-2H3,(H,17,18). The summed E-state index contributed by atoms with van der Waals surface area (Å²) in [6.45, 7) is 3.22. The molecular formula is C12H12FN3O3. The highest BCUT2D eigenvalue weighted by atomic mass is 19.1. The Balaban J connectivity index is 2.83. The Morgan fingerprint density at radius 1 is 1.42 bits per heavy atom. The highest BCUT2D eigenvalue weighted by Gasteiger charge is 2.24. The maximum absolute atomic E-state index is 14.3. The molecule has 0 unspecified atom stereocenters. The largest absolute Gasteiger partial charge is 0.478 e. The smallest absolute Gasteiger partial charge is 0.340 e. The van der Waals surface area contributed by atoms with Crippen LogP contribution in [0, 0.1) is 19.7 Å². The normalized spacial score (nSPS) is 10.7. The van der Waals surface area contributed by atoms with Crippen molar-refractivity contribution < 1.29 is 18.8 Å². The monoisotopic (exact) mass is 265 g/mol. The predicted octanol–water partition coefficient (Wildman–Crippen LogP) is 1.96. The van der Waals surface area contributed by atoms with Gasteiger partial charge < -0.3 is 21.1 Å². The third-order valence-corrected chi connectivity index (χ3v) is 2.85. The van der Waals surface area contributed by atoms with Gasteiger partial charge in [0, 0.05) is 5.56 Å². The molecule has 2 aromatic rings. The number of anilines is 2. The third kappa shape index (κ3) is 1.88. The first-order valence-electron chi connectivity index (χ1n) is 5.38. The van der Waals surface area contributed by atoms with Gasteiger partial charge in [0.25, 0.3) is 0 Å². The fraction of sp³-hybridized carbons (Fsp3) is 0.167. The number of nitrogen functional groups attached to an aromatic ring is 2. The number of halogens is 1. The number of carboxylic acids is 1. The van der Waals surface area contributed by atoms with Crippen LogP contribution in [-0.4, -0.2) is 16.2 Å². The molecule has 1 aromatic heterocycles. The zero-order chi connectivity index (χ0) is 14.3. The molecule has 0 aliphatic rings. The van der Waals surface area contributed by atoms with Crippen LogP contribution in [0.15, 0.2) is 10.6 Å². The number of aromatic carboxylic acids is 1. The molecular weight excluding hydrogens is 253 g/mol. The zero-order valence-electron chi connectivity index (χ0n) is 10.3.